The van der Waals surface area contributed by atoms with Crippen LogP contribution < -0.4 is 20.9 Å². The predicted octanol–water partition coefficient (Wildman–Crippen LogP) is 4.76. The fourth-order valence-corrected chi connectivity index (χ4v) is 3.98. The van der Waals surface area contributed by atoms with Gasteiger partial charge in [-0.3, -0.25) is 0 Å². The second-order valence-corrected chi connectivity index (χ2v) is 7.58. The molecule has 162 valence electrons. The first kappa shape index (κ1) is 21.7. The van der Waals surface area contributed by atoms with Crippen LogP contribution in [0.25, 0.3) is 16.8 Å². The molecule has 0 saturated heterocycles. The molecular weight excluding hydrogens is 374 g/mol. The van der Waals surface area contributed by atoms with Gasteiger partial charge in [0.1, 0.15) is 5.82 Å². The largest absolute Gasteiger partial charge is 0.388 e. The molecule has 0 radical (unpaired) electrons. The van der Waals surface area contributed by atoms with Gasteiger partial charge in [0.2, 0.25) is 0 Å². The van der Waals surface area contributed by atoms with Gasteiger partial charge in [-0.2, -0.15) is 9.61 Å². The quantitative estimate of drug-likeness (QED) is 0.473. The molecule has 3 rings (SSSR count). The van der Waals surface area contributed by atoms with E-state index in [9.17, 15) is 0 Å². The molecule has 0 saturated carbocycles. The van der Waals surface area contributed by atoms with Gasteiger partial charge in [-0.1, -0.05) is 13.3 Å². The number of nitrogens with one attached hydrogen (secondary N) is 3. The summed E-state index contributed by atoms with van der Waals surface area (Å²) in [4.78, 5) is 7.32. The molecule has 3 aromatic rings. The van der Waals surface area contributed by atoms with Gasteiger partial charge in [0.15, 0.2) is 5.65 Å². The smallest absolute Gasteiger partial charge is 0.165 e. The lowest BCUT2D eigenvalue weighted by Crippen LogP contribution is -2.26. The molecule has 3 N–H and O–H groups in total. The van der Waals surface area contributed by atoms with Crippen molar-refractivity contribution in [3.63, 3.8) is 0 Å². The van der Waals surface area contributed by atoms with Crippen LogP contribution in [-0.2, 0) is 0 Å². The summed E-state index contributed by atoms with van der Waals surface area (Å²) in [7, 11) is 5.83. The lowest BCUT2D eigenvalue weighted by molar-refractivity contribution is 0.707. The highest BCUT2D eigenvalue weighted by atomic mass is 15.3. The number of hydrogen-bond acceptors (Lipinski definition) is 6. The van der Waals surface area contributed by atoms with E-state index in [1.54, 1.807) is 0 Å². The normalized spacial score (nSPS) is 11.0. The molecule has 0 fully saturated rings. The standard InChI is InChI=1S/C23H35N7/c1-8-10-11-29(9-2)20-12-15(3)27-23-21(16(4)28-30(20)23)22-18(25-6)13-17(24-5)14-19(22)26-7/h12-14,24-26H,8-11H2,1-7H3. The highest BCUT2D eigenvalue weighted by molar-refractivity contribution is 5.97. The zero-order valence-corrected chi connectivity index (χ0v) is 19.3. The van der Waals surface area contributed by atoms with Crippen molar-refractivity contribution in [2.75, 3.05) is 55.1 Å². The number of rotatable bonds is 9. The third-order valence-electron chi connectivity index (χ3n) is 5.58. The Labute approximate surface area is 179 Å². The average molecular weight is 410 g/mol. The van der Waals surface area contributed by atoms with Crippen LogP contribution in [0.1, 0.15) is 38.1 Å². The van der Waals surface area contributed by atoms with Crippen molar-refractivity contribution in [3.05, 3.63) is 29.6 Å². The molecule has 30 heavy (non-hydrogen) atoms. The van der Waals surface area contributed by atoms with Gasteiger partial charge in [0.05, 0.1) is 11.3 Å². The summed E-state index contributed by atoms with van der Waals surface area (Å²) < 4.78 is 2.02. The van der Waals surface area contributed by atoms with Gasteiger partial charge < -0.3 is 20.9 Å². The number of unbranched alkanes of at least 4 members (excludes halogenated alkanes) is 1. The number of nitrogens with zero attached hydrogens (tertiary/aromatic N) is 4. The van der Waals surface area contributed by atoms with Crippen LogP contribution in [0.4, 0.5) is 22.9 Å². The van der Waals surface area contributed by atoms with Crippen LogP contribution in [0.3, 0.4) is 0 Å². The van der Waals surface area contributed by atoms with Gasteiger partial charge in [-0.15, -0.1) is 0 Å². The zero-order chi connectivity index (χ0) is 21.8. The topological polar surface area (TPSA) is 69.5 Å². The first-order chi connectivity index (χ1) is 14.5. The molecule has 0 bridgehead atoms. The van der Waals surface area contributed by atoms with Crippen molar-refractivity contribution in [3.8, 4) is 11.1 Å². The van der Waals surface area contributed by atoms with E-state index in [0.29, 0.717) is 0 Å². The molecular formula is C23H35N7. The summed E-state index contributed by atoms with van der Waals surface area (Å²) in [5.41, 5.74) is 8.11. The highest BCUT2D eigenvalue weighted by Crippen LogP contribution is 2.41. The average Bonchev–Trinajstić information content (AvgIpc) is 3.08. The molecule has 7 heteroatoms. The van der Waals surface area contributed by atoms with Crippen LogP contribution in [0.2, 0.25) is 0 Å². The summed E-state index contributed by atoms with van der Waals surface area (Å²) in [6.45, 7) is 10.5. The number of fused-ring (bicyclic) bond motifs is 1. The Hall–Kier alpha value is -2.96. The Morgan fingerprint density at radius 1 is 0.933 bits per heavy atom. The molecule has 2 aromatic heterocycles. The minimum Gasteiger partial charge on any atom is -0.388 e. The van der Waals surface area contributed by atoms with Gasteiger partial charge in [0.25, 0.3) is 0 Å². The molecule has 1 aromatic carbocycles. The van der Waals surface area contributed by atoms with E-state index in [4.69, 9.17) is 10.1 Å². The third kappa shape index (κ3) is 3.88. The van der Waals surface area contributed by atoms with Gasteiger partial charge in [-0.25, -0.2) is 4.98 Å². The third-order valence-corrected chi connectivity index (χ3v) is 5.58. The number of hydrogen-bond donors (Lipinski definition) is 3. The summed E-state index contributed by atoms with van der Waals surface area (Å²) in [6.07, 6.45) is 2.32. The van der Waals surface area contributed by atoms with Crippen molar-refractivity contribution in [2.45, 2.75) is 40.5 Å². The monoisotopic (exact) mass is 409 g/mol. The maximum atomic E-state index is 4.94. The molecule has 0 aliphatic rings. The van der Waals surface area contributed by atoms with Crippen LogP contribution in [0, 0.1) is 13.8 Å². The lowest BCUT2D eigenvalue weighted by Gasteiger charge is -2.23. The van der Waals surface area contributed by atoms with E-state index >= 15 is 0 Å². The molecule has 0 atom stereocenters. The van der Waals surface area contributed by atoms with Crippen LogP contribution in [-0.4, -0.2) is 48.8 Å². The van der Waals surface area contributed by atoms with Crippen molar-refractivity contribution < 1.29 is 0 Å². The van der Waals surface area contributed by atoms with E-state index in [2.05, 4.69) is 66.7 Å². The minimum absolute atomic E-state index is 0.891. The van der Waals surface area contributed by atoms with Crippen molar-refractivity contribution in [1.82, 2.24) is 14.6 Å². The second kappa shape index (κ2) is 9.24. The minimum atomic E-state index is 0.891. The first-order valence-electron chi connectivity index (χ1n) is 10.8. The van der Waals surface area contributed by atoms with Gasteiger partial charge in [-0.05, 0) is 39.3 Å². The van der Waals surface area contributed by atoms with E-state index in [1.807, 2.05) is 25.7 Å². The number of aromatic nitrogens is 3. The molecule has 0 unspecified atom stereocenters. The lowest BCUT2D eigenvalue weighted by atomic mass is 10.0. The fraction of sp³-hybridized carbons (Fsp3) is 0.478. The van der Waals surface area contributed by atoms with Crippen molar-refractivity contribution in [1.29, 1.82) is 0 Å². The Balaban J connectivity index is 2.31. The molecule has 0 spiro atoms. The summed E-state index contributed by atoms with van der Waals surface area (Å²) in [5.74, 6) is 1.10. The number of benzene rings is 1. The summed E-state index contributed by atoms with van der Waals surface area (Å²) >= 11 is 0. The second-order valence-electron chi connectivity index (χ2n) is 7.58. The molecule has 0 amide bonds. The maximum absolute atomic E-state index is 4.94. The Bertz CT molecular complexity index is 997. The first-order valence-corrected chi connectivity index (χ1v) is 10.8. The van der Waals surface area contributed by atoms with E-state index in [-0.39, 0.29) is 0 Å². The predicted molar refractivity (Wildman–Crippen MR) is 129 cm³/mol. The van der Waals surface area contributed by atoms with E-state index in [1.165, 1.54) is 6.42 Å². The van der Waals surface area contributed by atoms with Gasteiger partial charge in [0, 0.05) is 68.6 Å². The molecule has 7 nitrogen and oxygen atoms in total. The summed E-state index contributed by atoms with van der Waals surface area (Å²) in [5, 5.41) is 14.9. The molecule has 2 heterocycles. The Kier molecular flexibility index (Phi) is 6.70. The number of anilines is 4. The van der Waals surface area contributed by atoms with Crippen LogP contribution in [0.15, 0.2) is 18.2 Å². The molecule has 0 aliphatic carbocycles. The maximum Gasteiger partial charge on any atom is 0.165 e. The van der Waals surface area contributed by atoms with Crippen molar-refractivity contribution in [2.24, 2.45) is 0 Å². The highest BCUT2D eigenvalue weighted by Gasteiger charge is 2.23. The Morgan fingerprint density at radius 2 is 1.60 bits per heavy atom. The van der Waals surface area contributed by atoms with Crippen LogP contribution in [0.5, 0.6) is 0 Å². The van der Waals surface area contributed by atoms with Crippen LogP contribution >= 0.6 is 0 Å². The van der Waals surface area contributed by atoms with E-state index < -0.39 is 0 Å². The summed E-state index contributed by atoms with van der Waals surface area (Å²) in [6, 6.07) is 6.38. The van der Waals surface area contributed by atoms with Crippen molar-refractivity contribution >= 4 is 28.5 Å². The molecule has 0 aliphatic heterocycles. The fourth-order valence-electron chi connectivity index (χ4n) is 3.98. The Morgan fingerprint density at radius 3 is 2.13 bits per heavy atom. The van der Waals surface area contributed by atoms with Gasteiger partial charge >= 0.3 is 0 Å². The number of aryl methyl sites for hydroxylation is 2. The SMILES string of the molecule is CCCCN(CC)c1cc(C)nc2c(-c3c(NC)cc(NC)cc3NC)c(C)nn12. The zero-order valence-electron chi connectivity index (χ0n) is 19.3. The van der Waals surface area contributed by atoms with E-state index in [0.717, 1.165) is 70.6 Å².